The molecule has 2 heterocycles. The second-order valence-electron chi connectivity index (χ2n) is 4.77. The molecule has 0 fully saturated rings. The minimum Gasteiger partial charge on any atom is -0.295 e. The molecule has 0 amide bonds. The molecule has 0 radical (unpaired) electrons. The molecule has 0 atom stereocenters. The Kier molecular flexibility index (Phi) is 4.46. The Morgan fingerprint density at radius 2 is 1.91 bits per heavy atom. The van der Waals surface area contributed by atoms with Crippen LogP contribution in [0.1, 0.15) is 11.3 Å². The van der Waals surface area contributed by atoms with E-state index in [0.717, 1.165) is 33.3 Å². The summed E-state index contributed by atoms with van der Waals surface area (Å²) in [4.78, 5) is 3.96. The van der Waals surface area contributed by atoms with Crippen molar-refractivity contribution in [2.75, 3.05) is 0 Å². The Bertz CT molecular complexity index is 890. The molecule has 0 aliphatic carbocycles. The van der Waals surface area contributed by atoms with Crippen LogP contribution in [-0.2, 0) is 11.5 Å². The molecular weight excluding hydrogens is 460 g/mol. The van der Waals surface area contributed by atoms with Crippen LogP contribution in [0.3, 0.4) is 0 Å². The molecule has 0 aliphatic rings. The predicted molar refractivity (Wildman–Crippen MR) is 91.4 cm³/mol. The van der Waals surface area contributed by atoms with Crippen LogP contribution in [0.4, 0.5) is 13.2 Å². The van der Waals surface area contributed by atoms with Crippen LogP contribution in [0.5, 0.6) is 0 Å². The molecule has 0 spiro atoms. The minimum absolute atomic E-state index is 0.0599. The normalized spacial score (nSPS) is 12.1. The zero-order chi connectivity index (χ0) is 16.8. The van der Waals surface area contributed by atoms with Gasteiger partial charge in [-0.1, -0.05) is 45.7 Å². The zero-order valence-corrected chi connectivity index (χ0v) is 15.3. The number of hydrogen-bond acceptors (Lipinski definition) is 1. The average Bonchev–Trinajstić information content (AvgIpc) is 2.79. The van der Waals surface area contributed by atoms with E-state index in [2.05, 4.69) is 36.8 Å². The van der Waals surface area contributed by atoms with Crippen molar-refractivity contribution in [1.29, 1.82) is 0 Å². The van der Waals surface area contributed by atoms with Crippen LogP contribution < -0.4 is 0 Å². The van der Waals surface area contributed by atoms with Crippen molar-refractivity contribution in [2.45, 2.75) is 11.5 Å². The van der Waals surface area contributed by atoms with Gasteiger partial charge < -0.3 is 0 Å². The van der Waals surface area contributed by atoms with Crippen LogP contribution in [0.2, 0.25) is 5.02 Å². The molecule has 2 aromatic heterocycles. The standard InChI is InChI=1S/C15H8Br2ClF3N2/c16-6-12-13(17)9-3-1-2-4-11(9)23(12)14-10(18)5-8(7-22-14)15(19,20)21/h1-5,7H,6H2. The molecule has 0 saturated carbocycles. The number of aromatic nitrogens is 2. The van der Waals surface area contributed by atoms with E-state index in [1.807, 2.05) is 24.3 Å². The van der Waals surface area contributed by atoms with Gasteiger partial charge in [-0.3, -0.25) is 4.57 Å². The molecule has 0 saturated heterocycles. The summed E-state index contributed by atoms with van der Waals surface area (Å²) in [5.41, 5.74) is 0.755. The van der Waals surface area contributed by atoms with Crippen molar-refractivity contribution < 1.29 is 13.2 Å². The third-order valence-electron chi connectivity index (χ3n) is 3.39. The Hall–Kier alpha value is -1.05. The highest BCUT2D eigenvalue weighted by Crippen LogP contribution is 2.37. The van der Waals surface area contributed by atoms with Gasteiger partial charge in [0.05, 0.1) is 21.8 Å². The van der Waals surface area contributed by atoms with Crippen LogP contribution in [0.15, 0.2) is 41.0 Å². The lowest BCUT2D eigenvalue weighted by Crippen LogP contribution is -2.08. The van der Waals surface area contributed by atoms with Gasteiger partial charge in [-0.15, -0.1) is 0 Å². The average molecular weight is 468 g/mol. The fourth-order valence-corrected chi connectivity index (χ4v) is 4.17. The number of fused-ring (bicyclic) bond motifs is 1. The lowest BCUT2D eigenvalue weighted by Gasteiger charge is -2.13. The molecule has 0 unspecified atom stereocenters. The topological polar surface area (TPSA) is 17.8 Å². The maximum atomic E-state index is 12.8. The van der Waals surface area contributed by atoms with E-state index >= 15 is 0 Å². The van der Waals surface area contributed by atoms with Crippen molar-refractivity contribution in [3.63, 3.8) is 0 Å². The molecular formula is C15H8Br2ClF3N2. The molecule has 0 aliphatic heterocycles. The fraction of sp³-hybridized carbons (Fsp3) is 0.133. The third-order valence-corrected chi connectivity index (χ3v) is 5.09. The summed E-state index contributed by atoms with van der Waals surface area (Å²) in [5.74, 6) is 0.260. The molecule has 0 bridgehead atoms. The van der Waals surface area contributed by atoms with Gasteiger partial charge in [-0.25, -0.2) is 4.98 Å². The maximum absolute atomic E-state index is 12.8. The van der Waals surface area contributed by atoms with Crippen LogP contribution in [0, 0.1) is 0 Å². The monoisotopic (exact) mass is 466 g/mol. The number of para-hydroxylation sites is 1. The van der Waals surface area contributed by atoms with E-state index < -0.39 is 11.7 Å². The summed E-state index contributed by atoms with van der Waals surface area (Å²) in [5, 5.41) is 1.36. The smallest absolute Gasteiger partial charge is 0.295 e. The molecule has 3 rings (SSSR count). The maximum Gasteiger partial charge on any atom is 0.417 e. The Balaban J connectivity index is 2.29. The van der Waals surface area contributed by atoms with Gasteiger partial charge >= 0.3 is 6.18 Å². The van der Waals surface area contributed by atoms with Crippen LogP contribution in [-0.4, -0.2) is 9.55 Å². The fourth-order valence-electron chi connectivity index (χ4n) is 2.36. The zero-order valence-electron chi connectivity index (χ0n) is 11.3. The summed E-state index contributed by atoms with van der Waals surface area (Å²) in [6.07, 6.45) is -3.69. The Morgan fingerprint density at radius 1 is 1.22 bits per heavy atom. The van der Waals surface area contributed by atoms with Crippen molar-refractivity contribution in [1.82, 2.24) is 9.55 Å². The third kappa shape index (κ3) is 2.90. The Labute approximate surface area is 151 Å². The number of nitrogens with zero attached hydrogens (tertiary/aromatic N) is 2. The van der Waals surface area contributed by atoms with E-state index in [1.165, 1.54) is 0 Å². The summed E-state index contributed by atoms with van der Waals surface area (Å²) in [6.45, 7) is 0. The molecule has 23 heavy (non-hydrogen) atoms. The largest absolute Gasteiger partial charge is 0.417 e. The number of halogens is 6. The van der Waals surface area contributed by atoms with Crippen molar-refractivity contribution in [3.8, 4) is 5.82 Å². The second-order valence-corrected chi connectivity index (χ2v) is 6.53. The van der Waals surface area contributed by atoms with Crippen molar-refractivity contribution in [2.24, 2.45) is 0 Å². The molecule has 120 valence electrons. The van der Waals surface area contributed by atoms with Crippen LogP contribution >= 0.6 is 43.5 Å². The van der Waals surface area contributed by atoms with Gasteiger partial charge in [-0.05, 0) is 28.1 Å². The first kappa shape index (κ1) is 16.8. The first-order valence-electron chi connectivity index (χ1n) is 6.41. The molecule has 1 aromatic carbocycles. The summed E-state index contributed by atoms with van der Waals surface area (Å²) < 4.78 is 40.9. The van der Waals surface area contributed by atoms with E-state index in [1.54, 1.807) is 4.57 Å². The van der Waals surface area contributed by atoms with E-state index in [0.29, 0.717) is 5.33 Å². The first-order valence-corrected chi connectivity index (χ1v) is 8.70. The summed E-state index contributed by atoms with van der Waals surface area (Å²) in [7, 11) is 0. The van der Waals surface area contributed by atoms with Gasteiger partial charge in [0, 0.05) is 21.4 Å². The summed E-state index contributed by atoms with van der Waals surface area (Å²) >= 11 is 13.0. The number of rotatable bonds is 2. The van der Waals surface area contributed by atoms with Gasteiger partial charge in [0.1, 0.15) is 0 Å². The summed E-state index contributed by atoms with van der Waals surface area (Å²) in [6, 6.07) is 8.41. The highest BCUT2D eigenvalue weighted by molar-refractivity contribution is 9.11. The highest BCUT2D eigenvalue weighted by Gasteiger charge is 2.32. The number of hydrogen-bond donors (Lipinski definition) is 0. The van der Waals surface area contributed by atoms with Gasteiger partial charge in [0.25, 0.3) is 0 Å². The SMILES string of the molecule is FC(F)(F)c1cnc(-n2c(CBr)c(Br)c3ccccc32)c(Cl)c1. The molecule has 3 aromatic rings. The number of alkyl halides is 4. The van der Waals surface area contributed by atoms with Crippen LogP contribution in [0.25, 0.3) is 16.7 Å². The van der Waals surface area contributed by atoms with E-state index in [9.17, 15) is 13.2 Å². The van der Waals surface area contributed by atoms with E-state index in [-0.39, 0.29) is 10.8 Å². The molecule has 0 N–H and O–H groups in total. The van der Waals surface area contributed by atoms with Gasteiger partial charge in [0.2, 0.25) is 0 Å². The lowest BCUT2D eigenvalue weighted by atomic mass is 10.2. The van der Waals surface area contributed by atoms with Gasteiger partial charge in [-0.2, -0.15) is 13.2 Å². The number of benzene rings is 1. The Morgan fingerprint density at radius 3 is 2.52 bits per heavy atom. The van der Waals surface area contributed by atoms with Gasteiger partial charge in [0.15, 0.2) is 5.82 Å². The molecule has 8 heteroatoms. The predicted octanol–water partition coefficient (Wildman–Crippen LogP) is 6.36. The first-order chi connectivity index (χ1) is 10.8. The second kappa shape index (κ2) is 6.11. The molecule has 2 nitrogen and oxygen atoms in total. The number of pyridine rings is 1. The highest BCUT2D eigenvalue weighted by atomic mass is 79.9. The van der Waals surface area contributed by atoms with Crippen molar-refractivity contribution in [3.05, 3.63) is 57.3 Å². The minimum atomic E-state index is -4.48. The van der Waals surface area contributed by atoms with E-state index in [4.69, 9.17) is 11.6 Å². The lowest BCUT2D eigenvalue weighted by molar-refractivity contribution is -0.137. The van der Waals surface area contributed by atoms with Crippen molar-refractivity contribution >= 4 is 54.4 Å². The quantitative estimate of drug-likeness (QED) is 0.401.